The Morgan fingerprint density at radius 3 is 2.65 bits per heavy atom. The lowest BCUT2D eigenvalue weighted by molar-refractivity contribution is 0.355. The number of hydrogen-bond acceptors (Lipinski definition) is 5. The predicted molar refractivity (Wildman–Crippen MR) is 80.3 cm³/mol. The second kappa shape index (κ2) is 6.39. The first-order valence-electron chi connectivity index (χ1n) is 5.72. The molecule has 0 bridgehead atoms. The standard InChI is InChI=1S/C13H13BrClN3O2/c1-19-10-6-17-12(13(18-10)20-2)11(16)8-4-3-7(15)5-9(8)14/h3-6,11H,16H2,1-2H3. The number of benzene rings is 1. The molecule has 7 heteroatoms. The van der Waals surface area contributed by atoms with Gasteiger partial charge in [0.05, 0.1) is 26.5 Å². The molecule has 20 heavy (non-hydrogen) atoms. The highest BCUT2D eigenvalue weighted by Crippen LogP contribution is 2.32. The summed E-state index contributed by atoms with van der Waals surface area (Å²) in [6.07, 6.45) is 1.50. The van der Waals surface area contributed by atoms with E-state index in [1.165, 1.54) is 20.4 Å². The van der Waals surface area contributed by atoms with Crippen molar-refractivity contribution in [3.63, 3.8) is 0 Å². The molecule has 2 aromatic rings. The van der Waals surface area contributed by atoms with Crippen LogP contribution in [0.5, 0.6) is 11.8 Å². The van der Waals surface area contributed by atoms with Gasteiger partial charge in [-0.25, -0.2) is 4.98 Å². The first-order chi connectivity index (χ1) is 9.56. The number of ether oxygens (including phenoxy) is 2. The van der Waals surface area contributed by atoms with Crippen molar-refractivity contribution in [1.29, 1.82) is 0 Å². The maximum absolute atomic E-state index is 6.24. The molecule has 0 aliphatic rings. The third kappa shape index (κ3) is 3.03. The largest absolute Gasteiger partial charge is 0.480 e. The van der Waals surface area contributed by atoms with E-state index in [9.17, 15) is 0 Å². The molecule has 1 heterocycles. The summed E-state index contributed by atoms with van der Waals surface area (Å²) in [6.45, 7) is 0. The minimum Gasteiger partial charge on any atom is -0.480 e. The van der Waals surface area contributed by atoms with Crippen LogP contribution >= 0.6 is 27.5 Å². The van der Waals surface area contributed by atoms with E-state index in [0.717, 1.165) is 10.0 Å². The fraction of sp³-hybridized carbons (Fsp3) is 0.231. The summed E-state index contributed by atoms with van der Waals surface area (Å²) in [5, 5.41) is 0.626. The van der Waals surface area contributed by atoms with Crippen LogP contribution < -0.4 is 15.2 Å². The summed E-state index contributed by atoms with van der Waals surface area (Å²) >= 11 is 9.37. The Morgan fingerprint density at radius 1 is 1.30 bits per heavy atom. The molecule has 5 nitrogen and oxygen atoms in total. The Hall–Kier alpha value is -1.37. The van der Waals surface area contributed by atoms with Gasteiger partial charge in [-0.2, -0.15) is 4.98 Å². The lowest BCUT2D eigenvalue weighted by Crippen LogP contribution is -2.16. The highest BCUT2D eigenvalue weighted by atomic mass is 79.9. The van der Waals surface area contributed by atoms with Crippen LogP contribution in [0.1, 0.15) is 17.3 Å². The van der Waals surface area contributed by atoms with Crippen molar-refractivity contribution in [3.05, 3.63) is 45.1 Å². The summed E-state index contributed by atoms with van der Waals surface area (Å²) in [5.41, 5.74) is 7.60. The van der Waals surface area contributed by atoms with Crippen molar-refractivity contribution in [2.45, 2.75) is 6.04 Å². The third-order valence-electron chi connectivity index (χ3n) is 2.74. The van der Waals surface area contributed by atoms with E-state index in [1.807, 2.05) is 6.07 Å². The molecule has 2 N–H and O–H groups in total. The van der Waals surface area contributed by atoms with Crippen molar-refractivity contribution < 1.29 is 9.47 Å². The maximum atomic E-state index is 6.24. The zero-order valence-corrected chi connectivity index (χ0v) is 13.3. The Morgan fingerprint density at radius 2 is 2.05 bits per heavy atom. The molecule has 106 valence electrons. The number of aromatic nitrogens is 2. The Balaban J connectivity index is 2.44. The minimum atomic E-state index is -0.491. The van der Waals surface area contributed by atoms with Gasteiger partial charge >= 0.3 is 0 Å². The van der Waals surface area contributed by atoms with Crippen LogP contribution in [0.4, 0.5) is 0 Å². The quantitative estimate of drug-likeness (QED) is 0.910. The summed E-state index contributed by atoms with van der Waals surface area (Å²) in [5.74, 6) is 0.701. The van der Waals surface area contributed by atoms with Gasteiger partial charge in [0.25, 0.3) is 0 Å². The molecule has 0 spiro atoms. The molecule has 0 saturated carbocycles. The van der Waals surface area contributed by atoms with E-state index in [-0.39, 0.29) is 0 Å². The van der Waals surface area contributed by atoms with Crippen molar-refractivity contribution in [2.75, 3.05) is 14.2 Å². The summed E-state index contributed by atoms with van der Waals surface area (Å²) in [7, 11) is 3.02. The maximum Gasteiger partial charge on any atom is 0.240 e. The van der Waals surface area contributed by atoms with Crippen molar-refractivity contribution in [1.82, 2.24) is 9.97 Å². The van der Waals surface area contributed by atoms with Crippen LogP contribution in [0.3, 0.4) is 0 Å². The first-order valence-corrected chi connectivity index (χ1v) is 6.89. The van der Waals surface area contributed by atoms with E-state index in [4.69, 9.17) is 26.8 Å². The lowest BCUT2D eigenvalue weighted by atomic mass is 10.0. The van der Waals surface area contributed by atoms with E-state index in [1.54, 1.807) is 12.1 Å². The Labute approximate surface area is 130 Å². The summed E-state index contributed by atoms with van der Waals surface area (Å²) in [6, 6.07) is 4.89. The van der Waals surface area contributed by atoms with Gasteiger partial charge in [0.1, 0.15) is 5.69 Å². The fourth-order valence-corrected chi connectivity index (χ4v) is 2.66. The SMILES string of the molecule is COc1cnc(C(N)c2ccc(Cl)cc2Br)c(OC)n1. The number of halogens is 2. The molecule has 0 amide bonds. The predicted octanol–water partition coefficient (Wildman–Crippen LogP) is 2.96. The van der Waals surface area contributed by atoms with Gasteiger partial charge in [0.15, 0.2) is 0 Å². The normalized spacial score (nSPS) is 12.1. The Kier molecular flexibility index (Phi) is 4.80. The van der Waals surface area contributed by atoms with Crippen LogP contribution in [-0.2, 0) is 0 Å². The van der Waals surface area contributed by atoms with Gasteiger partial charge in [-0.3, -0.25) is 0 Å². The number of nitrogens with zero attached hydrogens (tertiary/aromatic N) is 2. The van der Waals surface area contributed by atoms with Gasteiger partial charge in [-0.1, -0.05) is 33.6 Å². The van der Waals surface area contributed by atoms with Gasteiger partial charge in [-0.15, -0.1) is 0 Å². The fourth-order valence-electron chi connectivity index (χ4n) is 1.73. The van der Waals surface area contributed by atoms with E-state index in [2.05, 4.69) is 25.9 Å². The number of methoxy groups -OCH3 is 2. The minimum absolute atomic E-state index is 0.332. The molecular formula is C13H13BrClN3O2. The summed E-state index contributed by atoms with van der Waals surface area (Å²) < 4.78 is 11.0. The van der Waals surface area contributed by atoms with Gasteiger partial charge < -0.3 is 15.2 Å². The molecule has 1 aromatic heterocycles. The Bertz CT molecular complexity index is 625. The summed E-state index contributed by atoms with van der Waals surface area (Å²) in [4.78, 5) is 8.44. The molecule has 0 aliphatic carbocycles. The smallest absolute Gasteiger partial charge is 0.240 e. The number of rotatable bonds is 4. The van der Waals surface area contributed by atoms with Crippen LogP contribution in [0.25, 0.3) is 0 Å². The third-order valence-corrected chi connectivity index (χ3v) is 3.66. The van der Waals surface area contributed by atoms with Gasteiger partial charge in [-0.05, 0) is 17.7 Å². The molecule has 1 aromatic carbocycles. The zero-order chi connectivity index (χ0) is 14.7. The second-order valence-corrected chi connectivity index (χ2v) is 5.24. The molecule has 0 radical (unpaired) electrons. The van der Waals surface area contributed by atoms with Crippen LogP contribution in [0.15, 0.2) is 28.9 Å². The molecule has 0 aliphatic heterocycles. The second-order valence-electron chi connectivity index (χ2n) is 3.95. The van der Waals surface area contributed by atoms with Crippen LogP contribution in [0, 0.1) is 0 Å². The number of nitrogens with two attached hydrogens (primary N) is 1. The van der Waals surface area contributed by atoms with Gasteiger partial charge in [0.2, 0.25) is 11.8 Å². The van der Waals surface area contributed by atoms with Crippen molar-refractivity contribution >= 4 is 27.5 Å². The molecule has 2 rings (SSSR count). The molecule has 1 unspecified atom stereocenters. The van der Waals surface area contributed by atoms with Crippen molar-refractivity contribution in [2.24, 2.45) is 5.73 Å². The van der Waals surface area contributed by atoms with E-state index >= 15 is 0 Å². The van der Waals surface area contributed by atoms with Crippen molar-refractivity contribution in [3.8, 4) is 11.8 Å². The highest BCUT2D eigenvalue weighted by Gasteiger charge is 2.20. The van der Waals surface area contributed by atoms with Crippen LogP contribution in [0.2, 0.25) is 5.02 Å². The topological polar surface area (TPSA) is 70.3 Å². The monoisotopic (exact) mass is 357 g/mol. The van der Waals surface area contributed by atoms with E-state index in [0.29, 0.717) is 22.5 Å². The average Bonchev–Trinajstić information content (AvgIpc) is 2.46. The van der Waals surface area contributed by atoms with Gasteiger partial charge in [0, 0.05) is 9.50 Å². The average molecular weight is 359 g/mol. The molecule has 0 fully saturated rings. The molecular weight excluding hydrogens is 346 g/mol. The van der Waals surface area contributed by atoms with Crippen LogP contribution in [-0.4, -0.2) is 24.2 Å². The highest BCUT2D eigenvalue weighted by molar-refractivity contribution is 9.10. The molecule has 1 atom stereocenters. The lowest BCUT2D eigenvalue weighted by Gasteiger charge is -2.16. The number of hydrogen-bond donors (Lipinski definition) is 1. The van der Waals surface area contributed by atoms with E-state index < -0.39 is 6.04 Å². The zero-order valence-electron chi connectivity index (χ0n) is 10.9. The first kappa shape index (κ1) is 15.0. The molecule has 0 saturated heterocycles.